The van der Waals surface area contributed by atoms with E-state index in [1.54, 1.807) is 37.3 Å². The average molecular weight is 494 g/mol. The summed E-state index contributed by atoms with van der Waals surface area (Å²) < 4.78 is 41.3. The van der Waals surface area contributed by atoms with Crippen LogP contribution in [0.4, 0.5) is 10.1 Å². The number of hydrazone groups is 1. The smallest absolute Gasteiger partial charge is 0.264 e. The van der Waals surface area contributed by atoms with Crippen LogP contribution in [-0.4, -0.2) is 27.1 Å². The summed E-state index contributed by atoms with van der Waals surface area (Å²) in [5.41, 5.74) is 3.16. The number of nitrogens with one attached hydrogen (secondary N) is 1. The van der Waals surface area contributed by atoms with Gasteiger partial charge in [0.25, 0.3) is 15.9 Å². The molecular weight excluding hydrogens is 476 g/mol. The van der Waals surface area contributed by atoms with Gasteiger partial charge in [0, 0.05) is 10.6 Å². The molecule has 0 aromatic heterocycles. The lowest BCUT2D eigenvalue weighted by atomic mass is 10.2. The Morgan fingerprint density at radius 3 is 2.44 bits per heavy atom. The van der Waals surface area contributed by atoms with Gasteiger partial charge in [-0.15, -0.1) is 0 Å². The van der Waals surface area contributed by atoms with Gasteiger partial charge in [0.1, 0.15) is 12.4 Å². The largest absolute Gasteiger partial charge is 0.271 e. The SMILES string of the molecule is Cc1ccc(N(CC(=O)N/N=C/c2c(F)cccc2Cl)S(=O)(=O)c2ccccc2)cc1Cl. The van der Waals surface area contributed by atoms with Crippen LogP contribution < -0.4 is 9.73 Å². The normalized spacial score (nSPS) is 11.5. The number of sulfonamides is 1. The van der Waals surface area contributed by atoms with Gasteiger partial charge in [-0.3, -0.25) is 9.10 Å². The van der Waals surface area contributed by atoms with Gasteiger partial charge in [-0.2, -0.15) is 5.10 Å². The topological polar surface area (TPSA) is 78.8 Å². The highest BCUT2D eigenvalue weighted by atomic mass is 35.5. The van der Waals surface area contributed by atoms with E-state index >= 15 is 0 Å². The molecule has 3 aromatic carbocycles. The molecule has 166 valence electrons. The first-order valence-electron chi connectivity index (χ1n) is 9.30. The summed E-state index contributed by atoms with van der Waals surface area (Å²) in [6.07, 6.45) is 1.05. The second-order valence-corrected chi connectivity index (χ2v) is 9.36. The molecule has 0 spiro atoms. The van der Waals surface area contributed by atoms with E-state index in [1.165, 1.54) is 36.4 Å². The van der Waals surface area contributed by atoms with Crippen LogP contribution in [0, 0.1) is 12.7 Å². The molecule has 10 heteroatoms. The Morgan fingerprint density at radius 2 is 1.78 bits per heavy atom. The van der Waals surface area contributed by atoms with Crippen LogP contribution in [0.5, 0.6) is 0 Å². The summed E-state index contributed by atoms with van der Waals surface area (Å²) in [4.78, 5) is 12.5. The van der Waals surface area contributed by atoms with Crippen molar-refractivity contribution in [2.45, 2.75) is 11.8 Å². The lowest BCUT2D eigenvalue weighted by Gasteiger charge is -2.24. The monoisotopic (exact) mass is 493 g/mol. The maximum absolute atomic E-state index is 13.8. The number of amides is 1. The van der Waals surface area contributed by atoms with Gasteiger partial charge in [0.2, 0.25) is 0 Å². The molecular formula is C22H18Cl2FN3O3S. The van der Waals surface area contributed by atoms with Crippen molar-refractivity contribution >= 4 is 51.0 Å². The number of benzene rings is 3. The van der Waals surface area contributed by atoms with Crippen molar-refractivity contribution in [3.05, 3.63) is 93.7 Å². The minimum atomic E-state index is -4.09. The van der Waals surface area contributed by atoms with Gasteiger partial charge in [-0.1, -0.05) is 53.5 Å². The second-order valence-electron chi connectivity index (χ2n) is 6.69. The number of aryl methyl sites for hydroxylation is 1. The van der Waals surface area contributed by atoms with Crippen molar-refractivity contribution in [2.75, 3.05) is 10.8 Å². The second kappa shape index (κ2) is 10.1. The van der Waals surface area contributed by atoms with Gasteiger partial charge >= 0.3 is 0 Å². The predicted molar refractivity (Wildman–Crippen MR) is 124 cm³/mol. The van der Waals surface area contributed by atoms with Crippen LogP contribution in [0.2, 0.25) is 10.0 Å². The maximum Gasteiger partial charge on any atom is 0.264 e. The average Bonchev–Trinajstić information content (AvgIpc) is 2.76. The number of hydrogen-bond acceptors (Lipinski definition) is 4. The molecule has 0 saturated heterocycles. The van der Waals surface area contributed by atoms with Gasteiger partial charge < -0.3 is 0 Å². The molecule has 1 amide bonds. The van der Waals surface area contributed by atoms with E-state index in [2.05, 4.69) is 10.5 Å². The number of carbonyl (C=O) groups excluding carboxylic acids is 1. The first-order valence-corrected chi connectivity index (χ1v) is 11.5. The lowest BCUT2D eigenvalue weighted by molar-refractivity contribution is -0.119. The molecule has 32 heavy (non-hydrogen) atoms. The van der Waals surface area contributed by atoms with E-state index in [9.17, 15) is 17.6 Å². The lowest BCUT2D eigenvalue weighted by Crippen LogP contribution is -2.39. The number of halogens is 3. The van der Waals surface area contributed by atoms with Crippen molar-refractivity contribution in [1.82, 2.24) is 5.43 Å². The molecule has 3 aromatic rings. The number of hydrogen-bond donors (Lipinski definition) is 1. The van der Waals surface area contributed by atoms with Gasteiger partial charge in [-0.05, 0) is 48.9 Å². The zero-order valence-corrected chi connectivity index (χ0v) is 19.1. The van der Waals surface area contributed by atoms with Crippen LogP contribution in [-0.2, 0) is 14.8 Å². The molecule has 0 aliphatic carbocycles. The fourth-order valence-corrected chi connectivity index (χ4v) is 4.56. The van der Waals surface area contributed by atoms with Crippen molar-refractivity contribution in [3.8, 4) is 0 Å². The molecule has 0 saturated carbocycles. The molecule has 0 atom stereocenters. The molecule has 0 radical (unpaired) electrons. The van der Waals surface area contributed by atoms with E-state index in [4.69, 9.17) is 23.2 Å². The molecule has 0 aliphatic heterocycles. The zero-order chi connectivity index (χ0) is 23.3. The Balaban J connectivity index is 1.88. The molecule has 1 N–H and O–H groups in total. The third-order valence-electron chi connectivity index (χ3n) is 4.44. The molecule has 0 fully saturated rings. The minimum absolute atomic E-state index is 0.00568. The van der Waals surface area contributed by atoms with Crippen molar-refractivity contribution in [3.63, 3.8) is 0 Å². The molecule has 3 rings (SSSR count). The van der Waals surface area contributed by atoms with Gasteiger partial charge in [0.05, 0.1) is 21.8 Å². The highest BCUT2D eigenvalue weighted by Crippen LogP contribution is 2.28. The van der Waals surface area contributed by atoms with E-state index < -0.39 is 28.3 Å². The summed E-state index contributed by atoms with van der Waals surface area (Å²) in [6.45, 7) is 1.19. The molecule has 6 nitrogen and oxygen atoms in total. The van der Waals surface area contributed by atoms with E-state index in [0.717, 1.165) is 16.1 Å². The van der Waals surface area contributed by atoms with Crippen LogP contribution in [0.15, 0.2) is 76.7 Å². The number of nitrogens with zero attached hydrogens (tertiary/aromatic N) is 2. The fraction of sp³-hybridized carbons (Fsp3) is 0.0909. The predicted octanol–water partition coefficient (Wildman–Crippen LogP) is 4.79. The van der Waals surface area contributed by atoms with E-state index in [-0.39, 0.29) is 21.2 Å². The van der Waals surface area contributed by atoms with Crippen LogP contribution >= 0.6 is 23.2 Å². The standard InChI is InChI=1S/C22H18Cl2FN3O3S/c1-15-10-11-16(12-20(15)24)28(32(30,31)17-6-3-2-4-7-17)14-22(29)27-26-13-18-19(23)8-5-9-21(18)25/h2-13H,14H2,1H3,(H,27,29)/b26-13+. The Hall–Kier alpha value is -2.94. The van der Waals surface area contributed by atoms with Crippen LogP contribution in [0.1, 0.15) is 11.1 Å². The van der Waals surface area contributed by atoms with Crippen LogP contribution in [0.3, 0.4) is 0 Å². The Kier molecular flexibility index (Phi) is 7.50. The van der Waals surface area contributed by atoms with Crippen molar-refractivity contribution in [2.24, 2.45) is 5.10 Å². The molecule has 0 heterocycles. The summed E-state index contributed by atoms with van der Waals surface area (Å²) in [5.74, 6) is -1.36. The quantitative estimate of drug-likeness (QED) is 0.379. The number of rotatable bonds is 7. The van der Waals surface area contributed by atoms with Crippen LogP contribution in [0.25, 0.3) is 0 Å². The Morgan fingerprint density at radius 1 is 1.06 bits per heavy atom. The summed E-state index contributed by atoms with van der Waals surface area (Å²) >= 11 is 12.1. The highest BCUT2D eigenvalue weighted by Gasteiger charge is 2.27. The summed E-state index contributed by atoms with van der Waals surface area (Å²) in [7, 11) is -4.09. The zero-order valence-electron chi connectivity index (χ0n) is 16.8. The maximum atomic E-state index is 13.8. The Labute approximate surface area is 195 Å². The number of anilines is 1. The van der Waals surface area contributed by atoms with Crippen molar-refractivity contribution < 1.29 is 17.6 Å². The van der Waals surface area contributed by atoms with E-state index in [0.29, 0.717) is 5.02 Å². The van der Waals surface area contributed by atoms with Crippen molar-refractivity contribution in [1.29, 1.82) is 0 Å². The molecule has 0 bridgehead atoms. The first kappa shape index (κ1) is 23.7. The molecule has 0 unspecified atom stereocenters. The Bertz CT molecular complexity index is 1250. The fourth-order valence-electron chi connectivity index (χ4n) is 2.74. The third kappa shape index (κ3) is 5.45. The third-order valence-corrected chi connectivity index (χ3v) is 6.97. The minimum Gasteiger partial charge on any atom is -0.271 e. The molecule has 0 aliphatic rings. The summed E-state index contributed by atoms with van der Waals surface area (Å²) in [5, 5.41) is 4.17. The highest BCUT2D eigenvalue weighted by molar-refractivity contribution is 7.92. The summed E-state index contributed by atoms with van der Waals surface area (Å²) in [6, 6.07) is 16.5. The van der Waals surface area contributed by atoms with Gasteiger partial charge in [0.15, 0.2) is 0 Å². The first-order chi connectivity index (χ1) is 15.2. The number of carbonyl (C=O) groups is 1. The van der Waals surface area contributed by atoms with E-state index in [1.807, 2.05) is 0 Å². The van der Waals surface area contributed by atoms with Gasteiger partial charge in [-0.25, -0.2) is 18.2 Å².